The van der Waals surface area contributed by atoms with Gasteiger partial charge in [0.05, 0.1) is 26.2 Å². The summed E-state index contributed by atoms with van der Waals surface area (Å²) in [6.45, 7) is 5.94. The summed E-state index contributed by atoms with van der Waals surface area (Å²) in [6, 6.07) is 6.96. The molecule has 0 heterocycles. The van der Waals surface area contributed by atoms with E-state index in [4.69, 9.17) is 19.9 Å². The van der Waals surface area contributed by atoms with E-state index in [1.165, 1.54) is 0 Å². The Hall–Kier alpha value is -2.08. The second-order valence-corrected chi connectivity index (χ2v) is 5.82. The van der Waals surface area contributed by atoms with Gasteiger partial charge in [-0.3, -0.25) is 9.59 Å². The van der Waals surface area contributed by atoms with Crippen LogP contribution in [-0.2, 0) is 19.1 Å². The van der Waals surface area contributed by atoms with E-state index in [2.05, 4.69) is 0 Å². The van der Waals surface area contributed by atoms with E-state index in [1.54, 1.807) is 27.9 Å². The third-order valence-corrected chi connectivity index (χ3v) is 4.25. The Kier molecular flexibility index (Phi) is 8.99. The number of rotatable bonds is 10. The Bertz CT molecular complexity index is 561. The van der Waals surface area contributed by atoms with Crippen LogP contribution in [0, 0.1) is 11.8 Å². The average Bonchev–Trinajstić information content (AvgIpc) is 2.61. The fourth-order valence-electron chi connectivity index (χ4n) is 2.88. The second-order valence-electron chi connectivity index (χ2n) is 5.82. The number of methoxy groups -OCH3 is 1. The molecule has 0 spiro atoms. The van der Waals surface area contributed by atoms with Gasteiger partial charge in [0.15, 0.2) is 0 Å². The van der Waals surface area contributed by atoms with Crippen molar-refractivity contribution in [1.82, 2.24) is 0 Å². The van der Waals surface area contributed by atoms with E-state index in [1.807, 2.05) is 24.3 Å². The van der Waals surface area contributed by atoms with Crippen LogP contribution in [0.15, 0.2) is 24.3 Å². The van der Waals surface area contributed by atoms with Crippen LogP contribution in [0.25, 0.3) is 0 Å². The molecule has 1 rings (SSSR count). The Labute approximate surface area is 149 Å². The van der Waals surface area contributed by atoms with Crippen LogP contribution in [0.1, 0.15) is 45.2 Å². The van der Waals surface area contributed by atoms with Gasteiger partial charge >= 0.3 is 11.9 Å². The van der Waals surface area contributed by atoms with E-state index in [-0.39, 0.29) is 24.3 Å². The van der Waals surface area contributed by atoms with Crippen molar-refractivity contribution in [3.05, 3.63) is 29.8 Å². The van der Waals surface area contributed by atoms with Gasteiger partial charge in [-0.2, -0.15) is 0 Å². The molecule has 25 heavy (non-hydrogen) atoms. The van der Waals surface area contributed by atoms with Crippen molar-refractivity contribution in [2.45, 2.75) is 39.7 Å². The Morgan fingerprint density at radius 2 is 1.76 bits per heavy atom. The highest BCUT2D eigenvalue weighted by Crippen LogP contribution is 2.35. The molecule has 1 aromatic carbocycles. The predicted molar refractivity (Wildman–Crippen MR) is 95.1 cm³/mol. The molecule has 3 atom stereocenters. The van der Waals surface area contributed by atoms with Gasteiger partial charge in [0.25, 0.3) is 0 Å². The first-order valence-electron chi connectivity index (χ1n) is 8.66. The minimum absolute atomic E-state index is 0.200. The minimum atomic E-state index is -0.468. The summed E-state index contributed by atoms with van der Waals surface area (Å²) in [6.07, 6.45) is 0.628. The smallest absolute Gasteiger partial charge is 0.308 e. The SMILES string of the molecule is CCOC(=O)CCC(C(C)C(=O)OCC)C(N)c1ccccc1OC. The van der Waals surface area contributed by atoms with Crippen LogP contribution in [0.5, 0.6) is 5.75 Å². The van der Waals surface area contributed by atoms with Crippen LogP contribution in [0.3, 0.4) is 0 Å². The van der Waals surface area contributed by atoms with Crippen LogP contribution in [0.2, 0.25) is 0 Å². The molecule has 0 aliphatic heterocycles. The average molecular weight is 351 g/mol. The molecular formula is C19H29NO5. The molecule has 0 aliphatic rings. The van der Waals surface area contributed by atoms with Crippen molar-refractivity contribution in [2.24, 2.45) is 17.6 Å². The number of esters is 2. The lowest BCUT2D eigenvalue weighted by atomic mass is 9.80. The highest BCUT2D eigenvalue weighted by atomic mass is 16.5. The molecule has 0 amide bonds. The first-order chi connectivity index (χ1) is 12.0. The standard InChI is InChI=1S/C19H29NO5/c1-5-24-17(21)12-11-14(13(3)19(22)25-6-2)18(20)15-9-7-8-10-16(15)23-4/h7-10,13-14,18H,5-6,11-12,20H2,1-4H3. The highest BCUT2D eigenvalue weighted by Gasteiger charge is 2.32. The number of para-hydroxylation sites is 1. The van der Waals surface area contributed by atoms with E-state index < -0.39 is 12.0 Å². The summed E-state index contributed by atoms with van der Waals surface area (Å²) >= 11 is 0. The molecule has 6 nitrogen and oxygen atoms in total. The molecule has 140 valence electrons. The van der Waals surface area contributed by atoms with Crippen molar-refractivity contribution in [3.8, 4) is 5.75 Å². The lowest BCUT2D eigenvalue weighted by molar-refractivity contribution is -0.151. The zero-order chi connectivity index (χ0) is 18.8. The maximum atomic E-state index is 12.2. The zero-order valence-corrected chi connectivity index (χ0v) is 15.5. The summed E-state index contributed by atoms with van der Waals surface area (Å²) in [5.74, 6) is -0.682. The normalized spacial score (nSPS) is 14.3. The van der Waals surface area contributed by atoms with Gasteiger partial charge < -0.3 is 19.9 Å². The van der Waals surface area contributed by atoms with Gasteiger partial charge in [-0.05, 0) is 32.3 Å². The Morgan fingerprint density at radius 3 is 2.36 bits per heavy atom. The summed E-state index contributed by atoms with van der Waals surface area (Å²) in [4.78, 5) is 24.0. The molecule has 2 N–H and O–H groups in total. The lowest BCUT2D eigenvalue weighted by Crippen LogP contribution is -2.33. The Morgan fingerprint density at radius 1 is 1.12 bits per heavy atom. The molecule has 0 saturated heterocycles. The number of nitrogens with two attached hydrogens (primary N) is 1. The van der Waals surface area contributed by atoms with Crippen molar-refractivity contribution < 1.29 is 23.8 Å². The van der Waals surface area contributed by atoms with E-state index in [0.717, 1.165) is 5.56 Å². The summed E-state index contributed by atoms with van der Waals surface area (Å²) in [5, 5.41) is 0. The first kappa shape index (κ1) is 21.0. The molecule has 0 aliphatic carbocycles. The zero-order valence-electron chi connectivity index (χ0n) is 15.5. The van der Waals surface area contributed by atoms with Crippen LogP contribution >= 0.6 is 0 Å². The Balaban J connectivity index is 3.02. The van der Waals surface area contributed by atoms with Crippen molar-refractivity contribution in [3.63, 3.8) is 0 Å². The summed E-state index contributed by atoms with van der Waals surface area (Å²) in [7, 11) is 1.58. The summed E-state index contributed by atoms with van der Waals surface area (Å²) < 4.78 is 15.5. The molecule has 0 saturated carbocycles. The van der Waals surface area contributed by atoms with Crippen molar-refractivity contribution in [2.75, 3.05) is 20.3 Å². The highest BCUT2D eigenvalue weighted by molar-refractivity contribution is 5.73. The monoisotopic (exact) mass is 351 g/mol. The molecule has 0 fully saturated rings. The third-order valence-electron chi connectivity index (χ3n) is 4.25. The van der Waals surface area contributed by atoms with Crippen molar-refractivity contribution >= 4 is 11.9 Å². The number of benzene rings is 1. The molecule has 0 bridgehead atoms. The molecule has 0 aromatic heterocycles. The number of carbonyl (C=O) groups excluding carboxylic acids is 2. The molecule has 3 unspecified atom stereocenters. The van der Waals surface area contributed by atoms with Gasteiger partial charge in [0.2, 0.25) is 0 Å². The van der Waals surface area contributed by atoms with E-state index in [0.29, 0.717) is 25.4 Å². The largest absolute Gasteiger partial charge is 0.496 e. The molecule has 1 aromatic rings. The minimum Gasteiger partial charge on any atom is -0.496 e. The number of hydrogen-bond donors (Lipinski definition) is 1. The quantitative estimate of drug-likeness (QED) is 0.652. The fraction of sp³-hybridized carbons (Fsp3) is 0.579. The molecule has 6 heteroatoms. The number of carbonyl (C=O) groups is 2. The molecular weight excluding hydrogens is 322 g/mol. The fourth-order valence-corrected chi connectivity index (χ4v) is 2.88. The van der Waals surface area contributed by atoms with Gasteiger partial charge in [-0.25, -0.2) is 0 Å². The first-order valence-corrected chi connectivity index (χ1v) is 8.66. The number of hydrogen-bond acceptors (Lipinski definition) is 6. The topological polar surface area (TPSA) is 87.9 Å². The van der Waals surface area contributed by atoms with Crippen LogP contribution in [0.4, 0.5) is 0 Å². The summed E-state index contributed by atoms with van der Waals surface area (Å²) in [5.41, 5.74) is 7.27. The van der Waals surface area contributed by atoms with Crippen molar-refractivity contribution in [1.29, 1.82) is 0 Å². The third kappa shape index (κ3) is 6.05. The van der Waals surface area contributed by atoms with Gasteiger partial charge in [0.1, 0.15) is 5.75 Å². The maximum absolute atomic E-state index is 12.2. The number of ether oxygens (including phenoxy) is 3. The van der Waals surface area contributed by atoms with E-state index in [9.17, 15) is 9.59 Å². The second kappa shape index (κ2) is 10.7. The van der Waals surface area contributed by atoms with Gasteiger partial charge in [0, 0.05) is 18.0 Å². The van der Waals surface area contributed by atoms with Crippen LogP contribution < -0.4 is 10.5 Å². The van der Waals surface area contributed by atoms with Gasteiger partial charge in [-0.15, -0.1) is 0 Å². The molecule has 0 radical (unpaired) electrons. The van der Waals surface area contributed by atoms with Crippen LogP contribution in [-0.4, -0.2) is 32.3 Å². The lowest BCUT2D eigenvalue weighted by Gasteiger charge is -2.29. The van der Waals surface area contributed by atoms with Gasteiger partial charge in [-0.1, -0.05) is 25.1 Å². The predicted octanol–water partition coefficient (Wildman–Crippen LogP) is 2.85. The maximum Gasteiger partial charge on any atom is 0.308 e. The van der Waals surface area contributed by atoms with E-state index >= 15 is 0 Å².